The van der Waals surface area contributed by atoms with Crippen LogP contribution in [-0.4, -0.2) is 50.8 Å². The molecule has 6 nitrogen and oxygen atoms in total. The molecule has 2 aliphatic rings. The number of nitrogens with zero attached hydrogens (tertiary/aromatic N) is 1. The predicted molar refractivity (Wildman–Crippen MR) is 131 cm³/mol. The highest BCUT2D eigenvalue weighted by molar-refractivity contribution is 7.89. The van der Waals surface area contributed by atoms with Crippen molar-refractivity contribution in [1.82, 2.24) is 9.62 Å². The summed E-state index contributed by atoms with van der Waals surface area (Å²) in [6.45, 7) is 2.58. The molecule has 11 heteroatoms. The van der Waals surface area contributed by atoms with Crippen LogP contribution in [0.3, 0.4) is 0 Å². The first-order valence-electron chi connectivity index (χ1n) is 11.7. The average molecular weight is 545 g/mol. The zero-order valence-electron chi connectivity index (χ0n) is 20.0. The topological polar surface area (TPSA) is 75.7 Å². The highest BCUT2D eigenvalue weighted by Crippen LogP contribution is 2.45. The highest BCUT2D eigenvalue weighted by Gasteiger charge is 2.38. The molecule has 196 valence electrons. The van der Waals surface area contributed by atoms with Gasteiger partial charge in [0.05, 0.1) is 16.8 Å². The van der Waals surface area contributed by atoms with Gasteiger partial charge in [-0.2, -0.15) is 0 Å². The summed E-state index contributed by atoms with van der Waals surface area (Å²) < 4.78 is 74.0. The van der Waals surface area contributed by atoms with Crippen molar-refractivity contribution in [2.75, 3.05) is 26.0 Å². The van der Waals surface area contributed by atoms with Gasteiger partial charge in [-0.15, -0.1) is 0 Å². The van der Waals surface area contributed by atoms with Crippen LogP contribution in [0.25, 0.3) is 0 Å². The number of amides is 1. The van der Waals surface area contributed by atoms with Crippen molar-refractivity contribution < 1.29 is 31.1 Å². The largest absolute Gasteiger partial charge is 0.490 e. The maximum absolute atomic E-state index is 15.6. The Bertz CT molecular complexity index is 1260. The molecule has 0 spiro atoms. The van der Waals surface area contributed by atoms with Crippen molar-refractivity contribution in [3.05, 3.63) is 63.7 Å². The standard InChI is InChI=1S/C25H28ClF3N2O4S/c1-15(17-5-6-21(27)20(26)11-17)31-9-7-25(29,8-10-31)14-35-23-13-22(28)19(12-18(23)16-3-4-16)24(32)30-36(2,33)34/h5-6,11-13,15-16H,3-4,7-10,14H2,1-2H3,(H,30,32)/t15-/m1/s1. The van der Waals surface area contributed by atoms with Crippen LogP contribution in [0.4, 0.5) is 13.2 Å². The fourth-order valence-corrected chi connectivity index (χ4v) is 5.09. The maximum Gasteiger partial charge on any atom is 0.267 e. The van der Waals surface area contributed by atoms with Crippen LogP contribution in [0.5, 0.6) is 5.75 Å². The van der Waals surface area contributed by atoms with Gasteiger partial charge >= 0.3 is 0 Å². The minimum Gasteiger partial charge on any atom is -0.490 e. The van der Waals surface area contributed by atoms with Crippen LogP contribution < -0.4 is 9.46 Å². The molecule has 1 N–H and O–H groups in total. The Morgan fingerprint density at radius 2 is 1.86 bits per heavy atom. The van der Waals surface area contributed by atoms with Gasteiger partial charge in [0.2, 0.25) is 10.0 Å². The van der Waals surface area contributed by atoms with E-state index in [1.807, 2.05) is 6.92 Å². The van der Waals surface area contributed by atoms with Gasteiger partial charge in [0.1, 0.15) is 29.7 Å². The summed E-state index contributed by atoms with van der Waals surface area (Å²) in [5.74, 6) is -2.28. The van der Waals surface area contributed by atoms with Crippen molar-refractivity contribution in [2.45, 2.75) is 50.2 Å². The molecule has 0 unspecified atom stereocenters. The highest BCUT2D eigenvalue weighted by atomic mass is 35.5. The number of hydrogen-bond donors (Lipinski definition) is 1. The molecule has 1 aliphatic carbocycles. The number of sulfonamides is 1. The fraction of sp³-hybridized carbons (Fsp3) is 0.480. The summed E-state index contributed by atoms with van der Waals surface area (Å²) in [6, 6.07) is 6.82. The van der Waals surface area contributed by atoms with Gasteiger partial charge in [-0.25, -0.2) is 26.3 Å². The van der Waals surface area contributed by atoms with Gasteiger partial charge in [-0.05, 0) is 67.9 Å². The molecule has 1 atom stereocenters. The number of hydrogen-bond acceptors (Lipinski definition) is 5. The van der Waals surface area contributed by atoms with Crippen LogP contribution in [0, 0.1) is 11.6 Å². The Morgan fingerprint density at radius 3 is 2.44 bits per heavy atom. The Labute approximate surface area is 213 Å². The van der Waals surface area contributed by atoms with E-state index in [1.165, 1.54) is 12.1 Å². The first kappa shape index (κ1) is 26.8. The van der Waals surface area contributed by atoms with Gasteiger partial charge in [0.15, 0.2) is 0 Å². The first-order chi connectivity index (χ1) is 16.8. The molecule has 1 saturated carbocycles. The van der Waals surface area contributed by atoms with E-state index in [-0.39, 0.29) is 42.2 Å². The number of rotatable bonds is 8. The van der Waals surface area contributed by atoms with E-state index < -0.39 is 38.8 Å². The van der Waals surface area contributed by atoms with Crippen molar-refractivity contribution in [3.63, 3.8) is 0 Å². The number of carbonyl (C=O) groups is 1. The number of likely N-dealkylation sites (tertiary alicyclic amines) is 1. The molecule has 0 bridgehead atoms. The molecule has 2 fully saturated rings. The first-order valence-corrected chi connectivity index (χ1v) is 14.0. The summed E-state index contributed by atoms with van der Waals surface area (Å²) in [4.78, 5) is 14.3. The van der Waals surface area contributed by atoms with E-state index in [0.717, 1.165) is 30.7 Å². The Balaban J connectivity index is 1.41. The number of nitrogens with one attached hydrogen (secondary N) is 1. The second kappa shape index (κ2) is 10.2. The summed E-state index contributed by atoms with van der Waals surface area (Å²) in [5, 5.41) is 0.0446. The van der Waals surface area contributed by atoms with Gasteiger partial charge in [-0.1, -0.05) is 17.7 Å². The molecule has 0 radical (unpaired) electrons. The third-order valence-corrected chi connectivity index (χ3v) is 7.64. The fourth-order valence-electron chi connectivity index (χ4n) is 4.45. The third-order valence-electron chi connectivity index (χ3n) is 6.79. The van der Waals surface area contributed by atoms with E-state index in [0.29, 0.717) is 18.7 Å². The van der Waals surface area contributed by atoms with E-state index >= 15 is 4.39 Å². The lowest BCUT2D eigenvalue weighted by Gasteiger charge is -2.39. The van der Waals surface area contributed by atoms with Crippen LogP contribution >= 0.6 is 11.6 Å². The second-order valence-corrected chi connectivity index (χ2v) is 11.8. The SMILES string of the molecule is C[C@H](c1ccc(F)c(Cl)c1)N1CCC(F)(COc2cc(F)c(C(=O)NS(C)(=O)=O)cc2C2CC2)CC1. The molecule has 0 aromatic heterocycles. The number of benzene rings is 2. The van der Waals surface area contributed by atoms with Gasteiger partial charge in [0.25, 0.3) is 5.91 Å². The third kappa shape index (κ3) is 6.33. The Hall–Kier alpha value is -2.30. The van der Waals surface area contributed by atoms with Crippen LogP contribution in [-0.2, 0) is 10.0 Å². The van der Waals surface area contributed by atoms with Crippen LogP contribution in [0.15, 0.2) is 30.3 Å². The lowest BCUT2D eigenvalue weighted by molar-refractivity contribution is 0.00614. The molecule has 1 aliphatic heterocycles. The molecule has 1 saturated heterocycles. The molecule has 36 heavy (non-hydrogen) atoms. The van der Waals surface area contributed by atoms with Crippen molar-refractivity contribution in [3.8, 4) is 5.75 Å². The maximum atomic E-state index is 15.6. The van der Waals surface area contributed by atoms with Gasteiger partial charge in [0, 0.05) is 25.2 Å². The van der Waals surface area contributed by atoms with Gasteiger partial charge in [-0.3, -0.25) is 9.69 Å². The lowest BCUT2D eigenvalue weighted by Crippen LogP contribution is -2.45. The van der Waals surface area contributed by atoms with Gasteiger partial charge < -0.3 is 4.74 Å². The monoisotopic (exact) mass is 544 g/mol. The summed E-state index contributed by atoms with van der Waals surface area (Å²) in [7, 11) is -3.86. The van der Waals surface area contributed by atoms with Crippen molar-refractivity contribution >= 4 is 27.5 Å². The normalized spacial score (nSPS) is 19.1. The number of carbonyl (C=O) groups excluding carboxylic acids is 1. The molecule has 1 amide bonds. The number of ether oxygens (including phenoxy) is 1. The van der Waals surface area contributed by atoms with Crippen LogP contribution in [0.1, 0.15) is 66.1 Å². The van der Waals surface area contributed by atoms with Crippen molar-refractivity contribution in [2.24, 2.45) is 0 Å². The number of alkyl halides is 1. The van der Waals surface area contributed by atoms with Crippen molar-refractivity contribution in [1.29, 1.82) is 0 Å². The zero-order valence-corrected chi connectivity index (χ0v) is 21.6. The molecular formula is C25H28ClF3N2O4S. The Kier molecular flexibility index (Phi) is 7.60. The second-order valence-electron chi connectivity index (χ2n) is 9.67. The lowest BCUT2D eigenvalue weighted by atomic mass is 9.92. The van der Waals surface area contributed by atoms with E-state index in [9.17, 15) is 22.0 Å². The molecule has 4 rings (SSSR count). The average Bonchev–Trinajstić information content (AvgIpc) is 3.64. The minimum absolute atomic E-state index is 0.0446. The predicted octanol–water partition coefficient (Wildman–Crippen LogP) is 5.13. The molecule has 2 aromatic carbocycles. The molecule has 1 heterocycles. The number of halogens is 4. The number of piperidine rings is 1. The van der Waals surface area contributed by atoms with E-state index in [1.54, 1.807) is 16.9 Å². The Morgan fingerprint density at radius 1 is 1.19 bits per heavy atom. The van der Waals surface area contributed by atoms with Crippen LogP contribution in [0.2, 0.25) is 5.02 Å². The molecule has 2 aromatic rings. The zero-order chi connectivity index (χ0) is 26.3. The summed E-state index contributed by atoms with van der Waals surface area (Å²) in [6.07, 6.45) is 2.83. The smallest absolute Gasteiger partial charge is 0.267 e. The molecular weight excluding hydrogens is 517 g/mol. The van der Waals surface area contributed by atoms with E-state index in [4.69, 9.17) is 16.3 Å². The summed E-state index contributed by atoms with van der Waals surface area (Å²) in [5.41, 5.74) is -0.611. The minimum atomic E-state index is -3.86. The quantitative estimate of drug-likeness (QED) is 0.499. The van der Waals surface area contributed by atoms with E-state index in [2.05, 4.69) is 4.90 Å². The summed E-state index contributed by atoms with van der Waals surface area (Å²) >= 11 is 5.90.